The van der Waals surface area contributed by atoms with Crippen LogP contribution in [-0.2, 0) is 4.79 Å². The van der Waals surface area contributed by atoms with Crippen LogP contribution in [0.5, 0.6) is 0 Å². The summed E-state index contributed by atoms with van der Waals surface area (Å²) in [5.74, 6) is -0.315. The first-order valence-corrected chi connectivity index (χ1v) is 6.12. The summed E-state index contributed by atoms with van der Waals surface area (Å²) in [5, 5.41) is 2.97. The normalized spacial score (nSPS) is 15.6. The SMILES string of the molecule is CC(C)(N)CC(C(=O)NC(C)(C)C)C(C)(C)N. The zero-order chi connectivity index (χ0) is 14.1. The van der Waals surface area contributed by atoms with E-state index in [0.29, 0.717) is 6.42 Å². The highest BCUT2D eigenvalue weighted by atomic mass is 16.2. The highest BCUT2D eigenvalue weighted by Crippen LogP contribution is 2.24. The number of hydrogen-bond donors (Lipinski definition) is 3. The summed E-state index contributed by atoms with van der Waals surface area (Å²) in [7, 11) is 0. The van der Waals surface area contributed by atoms with Gasteiger partial charge in [-0.15, -0.1) is 0 Å². The van der Waals surface area contributed by atoms with Crippen molar-refractivity contribution in [3.05, 3.63) is 0 Å². The number of nitrogens with two attached hydrogens (primary N) is 2. The number of amides is 1. The highest BCUT2D eigenvalue weighted by Gasteiger charge is 2.36. The maximum Gasteiger partial charge on any atom is 0.225 e. The van der Waals surface area contributed by atoms with Crippen molar-refractivity contribution in [2.75, 3.05) is 0 Å². The van der Waals surface area contributed by atoms with Gasteiger partial charge in [-0.3, -0.25) is 4.79 Å². The first-order chi connectivity index (χ1) is 7.22. The number of nitrogens with one attached hydrogen (secondary N) is 1. The molecule has 1 atom stereocenters. The van der Waals surface area contributed by atoms with E-state index in [-0.39, 0.29) is 17.4 Å². The van der Waals surface area contributed by atoms with Gasteiger partial charge < -0.3 is 16.8 Å². The van der Waals surface area contributed by atoms with Gasteiger partial charge in [-0.1, -0.05) is 0 Å². The monoisotopic (exact) mass is 243 g/mol. The fourth-order valence-corrected chi connectivity index (χ4v) is 1.68. The molecule has 0 spiro atoms. The molecule has 0 heterocycles. The Morgan fingerprint density at radius 1 is 1.06 bits per heavy atom. The van der Waals surface area contributed by atoms with Gasteiger partial charge in [-0.25, -0.2) is 0 Å². The lowest BCUT2D eigenvalue weighted by molar-refractivity contribution is -0.129. The Morgan fingerprint density at radius 3 is 1.71 bits per heavy atom. The van der Waals surface area contributed by atoms with Gasteiger partial charge in [0, 0.05) is 16.6 Å². The van der Waals surface area contributed by atoms with Crippen LogP contribution >= 0.6 is 0 Å². The topological polar surface area (TPSA) is 81.1 Å². The Balaban J connectivity index is 4.90. The van der Waals surface area contributed by atoms with E-state index in [1.807, 2.05) is 48.5 Å². The molecule has 4 nitrogen and oxygen atoms in total. The second kappa shape index (κ2) is 4.94. The summed E-state index contributed by atoms with van der Waals surface area (Å²) in [5.41, 5.74) is 10.9. The van der Waals surface area contributed by atoms with E-state index in [1.54, 1.807) is 0 Å². The molecule has 5 N–H and O–H groups in total. The predicted molar refractivity (Wildman–Crippen MR) is 72.5 cm³/mol. The van der Waals surface area contributed by atoms with Gasteiger partial charge in [-0.05, 0) is 54.9 Å². The lowest BCUT2D eigenvalue weighted by Gasteiger charge is -2.36. The molecule has 0 aromatic carbocycles. The summed E-state index contributed by atoms with van der Waals surface area (Å²) < 4.78 is 0. The zero-order valence-electron chi connectivity index (χ0n) is 12.3. The standard InChI is InChI=1S/C13H29N3O/c1-11(2,3)16-10(17)9(13(6,7)15)8-12(4,5)14/h9H,8,14-15H2,1-7H3,(H,16,17). The third-order valence-corrected chi connectivity index (χ3v) is 2.44. The first kappa shape index (κ1) is 16.4. The van der Waals surface area contributed by atoms with Crippen molar-refractivity contribution in [3.8, 4) is 0 Å². The van der Waals surface area contributed by atoms with Crippen molar-refractivity contribution in [2.24, 2.45) is 17.4 Å². The molecule has 4 heteroatoms. The van der Waals surface area contributed by atoms with Crippen LogP contribution in [0.15, 0.2) is 0 Å². The van der Waals surface area contributed by atoms with E-state index in [2.05, 4.69) is 5.32 Å². The minimum atomic E-state index is -0.577. The van der Waals surface area contributed by atoms with Crippen LogP contribution in [0, 0.1) is 5.92 Å². The summed E-state index contributed by atoms with van der Waals surface area (Å²) >= 11 is 0. The number of rotatable bonds is 4. The average Bonchev–Trinajstić information content (AvgIpc) is 1.92. The van der Waals surface area contributed by atoms with Gasteiger partial charge in [0.2, 0.25) is 5.91 Å². The minimum Gasteiger partial charge on any atom is -0.351 e. The van der Waals surface area contributed by atoms with Crippen molar-refractivity contribution in [3.63, 3.8) is 0 Å². The van der Waals surface area contributed by atoms with Crippen molar-refractivity contribution in [1.82, 2.24) is 5.32 Å². The van der Waals surface area contributed by atoms with Crippen molar-refractivity contribution in [2.45, 2.75) is 71.5 Å². The first-order valence-electron chi connectivity index (χ1n) is 6.12. The smallest absolute Gasteiger partial charge is 0.225 e. The lowest BCUT2D eigenvalue weighted by atomic mass is 9.79. The van der Waals surface area contributed by atoms with Crippen LogP contribution in [0.25, 0.3) is 0 Å². The van der Waals surface area contributed by atoms with Gasteiger partial charge in [-0.2, -0.15) is 0 Å². The third kappa shape index (κ3) is 7.34. The number of hydrogen-bond acceptors (Lipinski definition) is 3. The minimum absolute atomic E-state index is 0.0245. The van der Waals surface area contributed by atoms with Gasteiger partial charge in [0.15, 0.2) is 0 Å². The molecule has 0 aliphatic rings. The van der Waals surface area contributed by atoms with E-state index >= 15 is 0 Å². The van der Waals surface area contributed by atoms with Crippen LogP contribution in [0.2, 0.25) is 0 Å². The van der Waals surface area contributed by atoms with Crippen LogP contribution < -0.4 is 16.8 Å². The van der Waals surface area contributed by atoms with Crippen molar-refractivity contribution < 1.29 is 4.79 Å². The van der Waals surface area contributed by atoms with E-state index in [1.165, 1.54) is 0 Å². The molecular weight excluding hydrogens is 214 g/mol. The Morgan fingerprint density at radius 2 is 1.47 bits per heavy atom. The molecule has 0 aliphatic carbocycles. The second-order valence-corrected chi connectivity index (χ2v) is 7.31. The molecule has 17 heavy (non-hydrogen) atoms. The van der Waals surface area contributed by atoms with Crippen molar-refractivity contribution >= 4 is 5.91 Å². The summed E-state index contributed by atoms with van der Waals surface area (Å²) in [6.07, 6.45) is 0.568. The van der Waals surface area contributed by atoms with Crippen LogP contribution in [0.3, 0.4) is 0 Å². The second-order valence-electron chi connectivity index (χ2n) is 7.31. The predicted octanol–water partition coefficient (Wildman–Crippen LogP) is 1.38. The van der Waals surface area contributed by atoms with Crippen LogP contribution in [0.4, 0.5) is 0 Å². The highest BCUT2D eigenvalue weighted by molar-refractivity contribution is 5.80. The van der Waals surface area contributed by atoms with Crippen LogP contribution in [-0.4, -0.2) is 22.5 Å². The number of carbonyl (C=O) groups excluding carboxylic acids is 1. The Bertz CT molecular complexity index is 266. The molecule has 0 bridgehead atoms. The molecule has 1 unspecified atom stereocenters. The molecule has 0 aliphatic heterocycles. The van der Waals surface area contributed by atoms with E-state index < -0.39 is 11.1 Å². The molecule has 0 aromatic heterocycles. The summed E-state index contributed by atoms with van der Waals surface area (Å²) in [6, 6.07) is 0. The van der Waals surface area contributed by atoms with Crippen LogP contribution in [0.1, 0.15) is 54.9 Å². The van der Waals surface area contributed by atoms with Gasteiger partial charge in [0.25, 0.3) is 0 Å². The average molecular weight is 243 g/mol. The summed E-state index contributed by atoms with van der Waals surface area (Å²) in [4.78, 5) is 12.2. The number of carbonyl (C=O) groups is 1. The fourth-order valence-electron chi connectivity index (χ4n) is 1.68. The third-order valence-electron chi connectivity index (χ3n) is 2.44. The molecule has 0 rings (SSSR count). The maximum absolute atomic E-state index is 12.2. The molecule has 0 fully saturated rings. The Kier molecular flexibility index (Phi) is 4.77. The quantitative estimate of drug-likeness (QED) is 0.698. The molecule has 0 saturated heterocycles. The molecule has 0 radical (unpaired) electrons. The van der Waals surface area contributed by atoms with Gasteiger partial charge in [0.1, 0.15) is 0 Å². The molecule has 102 valence electrons. The molecule has 0 aromatic rings. The fraction of sp³-hybridized carbons (Fsp3) is 0.923. The molecule has 0 saturated carbocycles. The Labute approximate surface area is 106 Å². The maximum atomic E-state index is 12.2. The van der Waals surface area contributed by atoms with Crippen molar-refractivity contribution in [1.29, 1.82) is 0 Å². The molecule has 1 amide bonds. The Hall–Kier alpha value is -0.610. The lowest BCUT2D eigenvalue weighted by Crippen LogP contribution is -2.55. The van der Waals surface area contributed by atoms with E-state index in [9.17, 15) is 4.79 Å². The molecular formula is C13H29N3O. The van der Waals surface area contributed by atoms with Gasteiger partial charge in [0.05, 0.1) is 5.92 Å². The van der Waals surface area contributed by atoms with E-state index in [4.69, 9.17) is 11.5 Å². The van der Waals surface area contributed by atoms with E-state index in [0.717, 1.165) is 0 Å². The zero-order valence-corrected chi connectivity index (χ0v) is 12.3. The largest absolute Gasteiger partial charge is 0.351 e. The summed E-state index contributed by atoms with van der Waals surface area (Å²) in [6.45, 7) is 13.4. The van der Waals surface area contributed by atoms with Gasteiger partial charge >= 0.3 is 0 Å².